The Balaban J connectivity index is 1.03. The molecule has 4 amide bonds. The maximum atomic E-state index is 13.9. The van der Waals surface area contributed by atoms with Gasteiger partial charge in [-0.15, -0.1) is 0 Å². The summed E-state index contributed by atoms with van der Waals surface area (Å²) in [5.74, 6) is 0.0917. The predicted octanol–water partition coefficient (Wildman–Crippen LogP) is 9.71. The van der Waals surface area contributed by atoms with Crippen molar-refractivity contribution in [3.05, 3.63) is 119 Å². The summed E-state index contributed by atoms with van der Waals surface area (Å²) >= 11 is 0. The van der Waals surface area contributed by atoms with Crippen molar-refractivity contribution in [1.29, 1.82) is 0 Å². The Labute approximate surface area is 445 Å². The molecule has 0 bridgehead atoms. The molecule has 5 rings (SSSR count). The molecule has 2 aliphatic rings. The number of likely N-dealkylation sites (tertiary alicyclic amines) is 1. The molecule has 408 valence electrons. The summed E-state index contributed by atoms with van der Waals surface area (Å²) in [5, 5.41) is 22.9. The number of carbonyl (C=O) groups excluding carboxylic acids is 4. The summed E-state index contributed by atoms with van der Waals surface area (Å²) < 4.78 is 20.9. The number of benzene rings is 1. The normalized spacial score (nSPS) is 16.5. The van der Waals surface area contributed by atoms with Crippen molar-refractivity contribution in [2.45, 2.75) is 162 Å². The minimum Gasteiger partial charge on any atom is -0.389 e. The van der Waals surface area contributed by atoms with Crippen LogP contribution in [0.4, 0.5) is 10.1 Å². The Morgan fingerprint density at radius 3 is 2.27 bits per heavy atom. The lowest BCUT2D eigenvalue weighted by Crippen LogP contribution is -2.55. The summed E-state index contributed by atoms with van der Waals surface area (Å²) in [7, 11) is 1.59. The molecule has 2 fully saturated rings. The van der Waals surface area contributed by atoms with Crippen LogP contribution in [0, 0.1) is 5.82 Å². The maximum Gasteiger partial charge on any atom is 0.252 e. The van der Waals surface area contributed by atoms with Crippen LogP contribution < -0.4 is 31.9 Å². The molecule has 0 aliphatic carbocycles. The van der Waals surface area contributed by atoms with Gasteiger partial charge in [0.25, 0.3) is 5.91 Å². The number of allylic oxidation sites excluding steroid dienone is 5. The maximum absolute atomic E-state index is 13.9. The standard InChI is InChI=1S/C58H84FN11O5/c1-9-60-42(4)35-43(5)65-44(6)36-50(67-55(41(2)3)69-33-29-58(75-8,30-34-69)57(74)66-45(7)47-25-27-52(63-38-47)70-40-48(59)39-64-70)22-16-17-24-53(71)62-32-19-15-13-11-10-12-14-18-31-61-49-23-20-21-46(37-49)51-26-28-54(72)68-56(51)73/h20-21,23,25,27,35-40,45,51,60-61,65H,5,9-19,22,24,26,28-34H2,1-4,6-8H3,(H,62,71)(H,66,74)(H,68,72,73)/b42-35-,44-36+,67-50-/t45-,51?/m0/s1. The topological polar surface area (TPSA) is 196 Å². The minimum atomic E-state index is -1.02. The number of piperidine rings is 2. The zero-order valence-corrected chi connectivity index (χ0v) is 45.7. The van der Waals surface area contributed by atoms with Crippen molar-refractivity contribution < 1.29 is 28.3 Å². The van der Waals surface area contributed by atoms with Crippen LogP contribution in [-0.2, 0) is 23.9 Å². The number of pyridine rings is 1. The van der Waals surface area contributed by atoms with E-state index in [1.54, 1.807) is 19.4 Å². The molecule has 0 radical (unpaired) electrons. The first-order valence-corrected chi connectivity index (χ1v) is 27.1. The van der Waals surface area contributed by atoms with Crippen molar-refractivity contribution in [3.63, 3.8) is 0 Å². The van der Waals surface area contributed by atoms with Crippen LogP contribution in [0.5, 0.6) is 0 Å². The van der Waals surface area contributed by atoms with E-state index in [1.807, 2.05) is 57.2 Å². The molecule has 1 aromatic carbocycles. The Bertz CT molecular complexity index is 2480. The number of rotatable bonds is 31. The number of unbranched alkanes of at least 4 members (excludes halogenated alkanes) is 8. The summed E-state index contributed by atoms with van der Waals surface area (Å²) in [6.45, 7) is 19.8. The summed E-state index contributed by atoms with van der Waals surface area (Å²) in [6.07, 6.45) is 21.6. The van der Waals surface area contributed by atoms with Crippen LogP contribution in [-0.4, -0.2) is 94.4 Å². The van der Waals surface area contributed by atoms with E-state index in [-0.39, 0.29) is 35.6 Å². The molecular weight excluding hydrogens is 950 g/mol. The van der Waals surface area contributed by atoms with Crippen LogP contribution in [0.1, 0.15) is 167 Å². The number of aromatic nitrogens is 3. The van der Waals surface area contributed by atoms with Crippen molar-refractivity contribution in [2.75, 3.05) is 45.2 Å². The van der Waals surface area contributed by atoms with E-state index < -0.39 is 11.4 Å². The van der Waals surface area contributed by atoms with Gasteiger partial charge >= 0.3 is 0 Å². The van der Waals surface area contributed by atoms with Crippen molar-refractivity contribution in [2.24, 2.45) is 4.99 Å². The number of carbonyl (C=O) groups is 4. The molecule has 2 aromatic heterocycles. The molecule has 17 heteroatoms. The number of imide groups is 1. The van der Waals surface area contributed by atoms with E-state index in [1.165, 1.54) is 30.1 Å². The number of amides is 4. The lowest BCUT2D eigenvalue weighted by Gasteiger charge is -2.41. The van der Waals surface area contributed by atoms with E-state index >= 15 is 0 Å². The van der Waals surface area contributed by atoms with Crippen molar-refractivity contribution >= 4 is 35.0 Å². The van der Waals surface area contributed by atoms with E-state index in [0.29, 0.717) is 64.0 Å². The number of nitrogens with zero attached hydrogens (tertiary/aromatic N) is 5. The number of aliphatic imine (C=N–C) groups is 1. The van der Waals surface area contributed by atoms with Gasteiger partial charge in [-0.3, -0.25) is 24.5 Å². The Kier molecular flexibility index (Phi) is 24.2. The number of hydrogen-bond donors (Lipinski definition) is 6. The monoisotopic (exact) mass is 1030 g/mol. The zero-order valence-electron chi connectivity index (χ0n) is 45.7. The first-order valence-electron chi connectivity index (χ1n) is 27.1. The van der Waals surface area contributed by atoms with E-state index in [9.17, 15) is 23.6 Å². The average molecular weight is 1030 g/mol. The van der Waals surface area contributed by atoms with Crippen LogP contribution in [0.25, 0.3) is 5.82 Å². The van der Waals surface area contributed by atoms with E-state index in [0.717, 1.165) is 115 Å². The number of hydrogen-bond acceptors (Lipinski definition) is 12. The highest BCUT2D eigenvalue weighted by atomic mass is 19.1. The molecular formula is C58H84FN11O5. The molecule has 6 N–H and O–H groups in total. The fourth-order valence-electron chi connectivity index (χ4n) is 9.52. The van der Waals surface area contributed by atoms with Gasteiger partial charge < -0.3 is 36.2 Å². The van der Waals surface area contributed by atoms with Gasteiger partial charge in [0, 0.05) is 100 Å². The van der Waals surface area contributed by atoms with Gasteiger partial charge in [0.2, 0.25) is 17.7 Å². The van der Waals surface area contributed by atoms with Crippen molar-refractivity contribution in [1.82, 2.24) is 46.2 Å². The van der Waals surface area contributed by atoms with Gasteiger partial charge in [0.05, 0.1) is 24.4 Å². The Morgan fingerprint density at radius 1 is 0.920 bits per heavy atom. The van der Waals surface area contributed by atoms with Crippen LogP contribution in [0.2, 0.25) is 0 Å². The Morgan fingerprint density at radius 2 is 1.63 bits per heavy atom. The van der Waals surface area contributed by atoms with Gasteiger partial charge in [-0.1, -0.05) is 63.3 Å². The number of anilines is 1. The molecule has 4 heterocycles. The second kappa shape index (κ2) is 30.7. The smallest absolute Gasteiger partial charge is 0.252 e. The summed E-state index contributed by atoms with van der Waals surface area (Å²) in [4.78, 5) is 62.6. The molecule has 2 atom stereocenters. The summed E-state index contributed by atoms with van der Waals surface area (Å²) in [6, 6.07) is 11.2. The van der Waals surface area contributed by atoms with E-state index in [2.05, 4.69) is 80.3 Å². The highest BCUT2D eigenvalue weighted by Gasteiger charge is 2.43. The fraction of sp³-hybridized carbons (Fsp3) is 0.534. The zero-order chi connectivity index (χ0) is 54.2. The van der Waals surface area contributed by atoms with Gasteiger partial charge in [0.15, 0.2) is 11.6 Å². The lowest BCUT2D eigenvalue weighted by atomic mass is 9.89. The molecule has 0 spiro atoms. The summed E-state index contributed by atoms with van der Waals surface area (Å²) in [5.41, 5.74) is 6.33. The second-order valence-corrected chi connectivity index (χ2v) is 20.1. The van der Waals surface area contributed by atoms with E-state index in [4.69, 9.17) is 9.73 Å². The number of halogens is 1. The van der Waals surface area contributed by atoms with Crippen LogP contribution in [0.15, 0.2) is 107 Å². The van der Waals surface area contributed by atoms with Crippen LogP contribution >= 0.6 is 0 Å². The molecule has 16 nitrogen and oxygen atoms in total. The molecule has 75 heavy (non-hydrogen) atoms. The average Bonchev–Trinajstić information content (AvgIpc) is 3.83. The van der Waals surface area contributed by atoms with Gasteiger partial charge in [-0.2, -0.15) is 5.10 Å². The molecule has 2 saturated heterocycles. The van der Waals surface area contributed by atoms with Gasteiger partial charge in [0.1, 0.15) is 11.4 Å². The molecule has 1 unspecified atom stereocenters. The molecule has 2 aliphatic heterocycles. The SMILES string of the molecule is C=C(/C=C(/C)NCC)N/C(C)=C/C(CCCCC(=O)NCCCCCCCCCCNc1cccc(C2CCC(=O)NC2=O)c1)=N\C(=C(C)C)N1CCC(OC)(C(=O)N[C@@H](C)c2ccc(-n3cc(F)cn3)nc2)CC1. The third-order valence-corrected chi connectivity index (χ3v) is 13.7. The fourth-order valence-corrected chi connectivity index (χ4v) is 9.52. The van der Waals surface area contributed by atoms with Crippen molar-refractivity contribution in [3.8, 4) is 5.82 Å². The lowest BCUT2D eigenvalue weighted by molar-refractivity contribution is -0.149. The minimum absolute atomic E-state index is 0.0773. The largest absolute Gasteiger partial charge is 0.389 e. The Hall–Kier alpha value is -6.62. The van der Waals surface area contributed by atoms with Gasteiger partial charge in [-0.25, -0.2) is 19.0 Å². The number of nitrogens with one attached hydrogen (secondary N) is 6. The number of ether oxygens (including phenoxy) is 1. The first-order chi connectivity index (χ1) is 36.1. The van der Waals surface area contributed by atoms with Crippen LogP contribution in [0.3, 0.4) is 0 Å². The predicted molar refractivity (Wildman–Crippen MR) is 296 cm³/mol. The molecule has 3 aromatic rings. The molecule has 0 saturated carbocycles. The first kappa shape index (κ1) is 59.3. The highest BCUT2D eigenvalue weighted by Crippen LogP contribution is 2.31. The van der Waals surface area contributed by atoms with Gasteiger partial charge in [-0.05, 0) is 127 Å². The third-order valence-electron chi connectivity index (χ3n) is 13.7. The third kappa shape index (κ3) is 19.5. The highest BCUT2D eigenvalue weighted by molar-refractivity contribution is 6.01. The quantitative estimate of drug-likeness (QED) is 0.0155. The second-order valence-electron chi connectivity index (χ2n) is 20.1. The number of methoxy groups -OCH3 is 1.